The largest absolute Gasteiger partial charge is 0.329 e. The molecular formula is C17H21FN2S. The van der Waals surface area contributed by atoms with Crippen LogP contribution in [0.1, 0.15) is 34.9 Å². The molecule has 0 spiro atoms. The second-order valence-corrected chi connectivity index (χ2v) is 6.79. The second-order valence-electron chi connectivity index (χ2n) is 5.76. The van der Waals surface area contributed by atoms with Crippen molar-refractivity contribution in [1.82, 2.24) is 4.90 Å². The Bertz CT molecular complexity index is 593. The molecule has 1 saturated carbocycles. The van der Waals surface area contributed by atoms with E-state index in [-0.39, 0.29) is 11.9 Å². The van der Waals surface area contributed by atoms with E-state index < -0.39 is 0 Å². The van der Waals surface area contributed by atoms with Gasteiger partial charge in [-0.15, -0.1) is 11.3 Å². The van der Waals surface area contributed by atoms with Crippen molar-refractivity contribution in [2.75, 3.05) is 6.54 Å². The van der Waals surface area contributed by atoms with Crippen LogP contribution in [0.3, 0.4) is 0 Å². The van der Waals surface area contributed by atoms with E-state index in [0.717, 1.165) is 17.7 Å². The van der Waals surface area contributed by atoms with Crippen molar-refractivity contribution in [2.24, 2.45) is 5.73 Å². The van der Waals surface area contributed by atoms with Crippen molar-refractivity contribution in [3.05, 3.63) is 57.5 Å². The highest BCUT2D eigenvalue weighted by Crippen LogP contribution is 2.36. The summed E-state index contributed by atoms with van der Waals surface area (Å²) in [6, 6.07) is 10.0. The third kappa shape index (κ3) is 3.34. The average Bonchev–Trinajstić information content (AvgIpc) is 3.19. The fourth-order valence-electron chi connectivity index (χ4n) is 2.84. The second kappa shape index (κ2) is 6.26. The molecule has 4 heteroatoms. The lowest BCUT2D eigenvalue weighted by molar-refractivity contribution is 0.180. The summed E-state index contributed by atoms with van der Waals surface area (Å²) in [7, 11) is 0. The molecule has 21 heavy (non-hydrogen) atoms. The van der Waals surface area contributed by atoms with Crippen LogP contribution in [0.25, 0.3) is 0 Å². The smallest absolute Gasteiger partial charge is 0.128 e. The van der Waals surface area contributed by atoms with Crippen LogP contribution >= 0.6 is 11.3 Å². The summed E-state index contributed by atoms with van der Waals surface area (Å²) in [6.07, 6.45) is 2.38. The van der Waals surface area contributed by atoms with Gasteiger partial charge in [0.1, 0.15) is 5.82 Å². The van der Waals surface area contributed by atoms with Gasteiger partial charge in [0.05, 0.1) is 6.04 Å². The number of thiophene rings is 1. The Labute approximate surface area is 129 Å². The minimum atomic E-state index is -0.145. The first-order valence-electron chi connectivity index (χ1n) is 7.43. The van der Waals surface area contributed by atoms with Gasteiger partial charge in [-0.3, -0.25) is 4.90 Å². The highest BCUT2D eigenvalue weighted by molar-refractivity contribution is 7.09. The number of hydrogen-bond donors (Lipinski definition) is 1. The molecule has 2 N–H and O–H groups in total. The Balaban J connectivity index is 1.89. The van der Waals surface area contributed by atoms with Gasteiger partial charge in [-0.2, -0.15) is 0 Å². The Morgan fingerprint density at radius 2 is 2.19 bits per heavy atom. The molecule has 1 fully saturated rings. The maximum atomic E-state index is 14.3. The Morgan fingerprint density at radius 3 is 2.81 bits per heavy atom. The Morgan fingerprint density at radius 1 is 1.38 bits per heavy atom. The van der Waals surface area contributed by atoms with Gasteiger partial charge >= 0.3 is 0 Å². The van der Waals surface area contributed by atoms with Gasteiger partial charge in [0.25, 0.3) is 0 Å². The topological polar surface area (TPSA) is 29.3 Å². The summed E-state index contributed by atoms with van der Waals surface area (Å²) in [5.74, 6) is -0.145. The van der Waals surface area contributed by atoms with Crippen LogP contribution in [0.5, 0.6) is 0 Å². The van der Waals surface area contributed by atoms with E-state index in [0.29, 0.717) is 12.6 Å². The van der Waals surface area contributed by atoms with Crippen LogP contribution in [0.15, 0.2) is 35.7 Å². The van der Waals surface area contributed by atoms with Crippen LogP contribution < -0.4 is 5.73 Å². The molecule has 0 radical (unpaired) electrons. The maximum Gasteiger partial charge on any atom is 0.128 e. The number of nitrogens with zero attached hydrogens (tertiary/aromatic N) is 1. The molecule has 1 aromatic carbocycles. The number of nitrogens with two attached hydrogens (primary N) is 1. The highest BCUT2D eigenvalue weighted by atomic mass is 32.1. The van der Waals surface area contributed by atoms with Crippen LogP contribution in [0.4, 0.5) is 4.39 Å². The van der Waals surface area contributed by atoms with E-state index in [1.165, 1.54) is 17.7 Å². The lowest BCUT2D eigenvalue weighted by atomic mass is 10.0. The van der Waals surface area contributed by atoms with Gasteiger partial charge in [-0.25, -0.2) is 4.39 Å². The third-order valence-electron chi connectivity index (χ3n) is 4.07. The molecule has 1 unspecified atom stereocenters. The number of halogens is 1. The first-order valence-corrected chi connectivity index (χ1v) is 8.31. The number of aryl methyl sites for hydroxylation is 1. The minimum Gasteiger partial charge on any atom is -0.329 e. The molecule has 1 aliphatic carbocycles. The fraction of sp³-hybridized carbons (Fsp3) is 0.412. The number of benzene rings is 1. The fourth-order valence-corrected chi connectivity index (χ4v) is 3.55. The summed E-state index contributed by atoms with van der Waals surface area (Å²) in [5.41, 5.74) is 7.83. The van der Waals surface area contributed by atoms with E-state index in [4.69, 9.17) is 5.73 Å². The first kappa shape index (κ1) is 14.7. The van der Waals surface area contributed by atoms with E-state index in [2.05, 4.69) is 22.4 Å². The average molecular weight is 304 g/mol. The number of hydrogen-bond acceptors (Lipinski definition) is 3. The normalized spacial score (nSPS) is 16.4. The quantitative estimate of drug-likeness (QED) is 0.878. The standard InChI is InChI=1S/C17H21FN2S/c1-12-4-7-16(18)15(9-12)17(10-19)20(13-5-6-13)11-14-3-2-8-21-14/h2-4,7-9,13,17H,5-6,10-11,19H2,1H3. The van der Waals surface area contributed by atoms with Crippen molar-refractivity contribution in [3.8, 4) is 0 Å². The van der Waals surface area contributed by atoms with E-state index in [1.54, 1.807) is 17.4 Å². The zero-order valence-electron chi connectivity index (χ0n) is 12.3. The van der Waals surface area contributed by atoms with Crippen molar-refractivity contribution in [3.63, 3.8) is 0 Å². The van der Waals surface area contributed by atoms with Gasteiger partial charge in [-0.05, 0) is 37.3 Å². The molecule has 1 atom stereocenters. The van der Waals surface area contributed by atoms with Crippen molar-refractivity contribution in [2.45, 2.75) is 38.4 Å². The molecule has 3 rings (SSSR count). The molecule has 2 nitrogen and oxygen atoms in total. The SMILES string of the molecule is Cc1ccc(F)c(C(CN)N(Cc2cccs2)C2CC2)c1. The van der Waals surface area contributed by atoms with Crippen LogP contribution in [-0.2, 0) is 6.54 Å². The van der Waals surface area contributed by atoms with E-state index >= 15 is 0 Å². The summed E-state index contributed by atoms with van der Waals surface area (Å²) >= 11 is 1.75. The molecule has 2 aromatic rings. The van der Waals surface area contributed by atoms with Crippen LogP contribution in [0, 0.1) is 12.7 Å². The van der Waals surface area contributed by atoms with Gasteiger partial charge < -0.3 is 5.73 Å². The van der Waals surface area contributed by atoms with Gasteiger partial charge in [0.2, 0.25) is 0 Å². The Kier molecular flexibility index (Phi) is 4.38. The lowest BCUT2D eigenvalue weighted by Crippen LogP contribution is -2.35. The van der Waals surface area contributed by atoms with Gasteiger partial charge in [0, 0.05) is 29.6 Å². The number of rotatable bonds is 6. The van der Waals surface area contributed by atoms with Crippen LogP contribution in [-0.4, -0.2) is 17.5 Å². The molecule has 0 aliphatic heterocycles. The molecule has 0 saturated heterocycles. The first-order chi connectivity index (χ1) is 10.2. The highest BCUT2D eigenvalue weighted by Gasteiger charge is 2.35. The summed E-state index contributed by atoms with van der Waals surface area (Å²) in [4.78, 5) is 3.69. The zero-order chi connectivity index (χ0) is 14.8. The van der Waals surface area contributed by atoms with E-state index in [1.807, 2.05) is 19.1 Å². The molecule has 0 bridgehead atoms. The maximum absolute atomic E-state index is 14.3. The summed E-state index contributed by atoms with van der Waals surface area (Å²) < 4.78 is 14.3. The molecule has 1 aromatic heterocycles. The zero-order valence-corrected chi connectivity index (χ0v) is 13.1. The van der Waals surface area contributed by atoms with Gasteiger partial charge in [-0.1, -0.05) is 23.8 Å². The minimum absolute atomic E-state index is 0.0421. The van der Waals surface area contributed by atoms with Crippen molar-refractivity contribution < 1.29 is 4.39 Å². The molecular weight excluding hydrogens is 283 g/mol. The third-order valence-corrected chi connectivity index (χ3v) is 4.93. The lowest BCUT2D eigenvalue weighted by Gasteiger charge is -2.31. The van der Waals surface area contributed by atoms with Crippen LogP contribution in [0.2, 0.25) is 0 Å². The molecule has 0 amide bonds. The van der Waals surface area contributed by atoms with Crippen molar-refractivity contribution in [1.29, 1.82) is 0 Å². The molecule has 1 heterocycles. The predicted octanol–water partition coefficient (Wildman–Crippen LogP) is 3.86. The molecule has 1 aliphatic rings. The predicted molar refractivity (Wildman–Crippen MR) is 85.8 cm³/mol. The molecule has 112 valence electrons. The van der Waals surface area contributed by atoms with Gasteiger partial charge in [0.15, 0.2) is 0 Å². The summed E-state index contributed by atoms with van der Waals surface area (Å²) in [5, 5.41) is 2.09. The Hall–Kier alpha value is -1.23. The summed E-state index contributed by atoms with van der Waals surface area (Å²) in [6.45, 7) is 3.30. The van der Waals surface area contributed by atoms with Crippen molar-refractivity contribution >= 4 is 11.3 Å². The monoisotopic (exact) mass is 304 g/mol. The van der Waals surface area contributed by atoms with E-state index in [9.17, 15) is 4.39 Å².